The Morgan fingerprint density at radius 1 is 0.788 bits per heavy atom. The lowest BCUT2D eigenvalue weighted by Gasteiger charge is -2.13. The molecule has 0 fully saturated rings. The van der Waals surface area contributed by atoms with Crippen molar-refractivity contribution in [2.24, 2.45) is 0 Å². The van der Waals surface area contributed by atoms with Crippen molar-refractivity contribution in [3.63, 3.8) is 0 Å². The lowest BCUT2D eigenvalue weighted by molar-refractivity contribution is -0.115. The molecule has 2 N–H and O–H groups in total. The number of nitrogens with one attached hydrogen (secondary N) is 2. The van der Waals surface area contributed by atoms with Gasteiger partial charge in [0.2, 0.25) is 5.91 Å². The van der Waals surface area contributed by atoms with E-state index in [1.165, 1.54) is 11.8 Å². The summed E-state index contributed by atoms with van der Waals surface area (Å²) in [5, 5.41) is 7.64. The molecule has 6 heteroatoms. The number of rotatable bonds is 7. The van der Waals surface area contributed by atoms with Crippen LogP contribution in [0.25, 0.3) is 10.8 Å². The number of thioether (sulfide) groups is 1. The monoisotopic (exact) mass is 456 g/mol. The van der Waals surface area contributed by atoms with Crippen LogP contribution in [0, 0.1) is 0 Å². The zero-order valence-electron chi connectivity index (χ0n) is 18.4. The van der Waals surface area contributed by atoms with Gasteiger partial charge in [-0.1, -0.05) is 42.5 Å². The normalized spacial score (nSPS) is 11.6. The number of hydrogen-bond acceptors (Lipinski definition) is 4. The van der Waals surface area contributed by atoms with Gasteiger partial charge in [-0.05, 0) is 60.2 Å². The van der Waals surface area contributed by atoms with Crippen LogP contribution >= 0.6 is 11.8 Å². The van der Waals surface area contributed by atoms with Gasteiger partial charge in [-0.2, -0.15) is 0 Å². The first kappa shape index (κ1) is 22.4. The minimum atomic E-state index is -0.331. The Bertz CT molecular complexity index is 1310. The zero-order valence-corrected chi connectivity index (χ0v) is 19.2. The maximum absolute atomic E-state index is 12.8. The Balaban J connectivity index is 1.40. The summed E-state index contributed by atoms with van der Waals surface area (Å²) in [6, 6.07) is 28.3. The number of ether oxygens (including phenoxy) is 1. The fourth-order valence-corrected chi connectivity index (χ4v) is 4.31. The average molecular weight is 457 g/mol. The van der Waals surface area contributed by atoms with Crippen LogP contribution in [0.4, 0.5) is 11.4 Å². The number of hydrogen-bond donors (Lipinski definition) is 2. The Morgan fingerprint density at radius 2 is 1.52 bits per heavy atom. The molecule has 33 heavy (non-hydrogen) atoms. The second-order valence-electron chi connectivity index (χ2n) is 7.53. The van der Waals surface area contributed by atoms with E-state index in [-0.39, 0.29) is 17.1 Å². The van der Waals surface area contributed by atoms with Crippen molar-refractivity contribution < 1.29 is 14.3 Å². The molecule has 4 rings (SSSR count). The molecule has 0 heterocycles. The molecule has 0 aliphatic carbocycles. The third kappa shape index (κ3) is 5.73. The summed E-state index contributed by atoms with van der Waals surface area (Å²) in [6.45, 7) is 1.85. The number of carbonyl (C=O) groups excluding carboxylic acids is 2. The van der Waals surface area contributed by atoms with Gasteiger partial charge in [0.15, 0.2) is 0 Å². The van der Waals surface area contributed by atoms with Gasteiger partial charge in [0.1, 0.15) is 5.75 Å². The number of fused-ring (bicyclic) bond motifs is 1. The van der Waals surface area contributed by atoms with Crippen molar-refractivity contribution in [1.29, 1.82) is 0 Å². The summed E-state index contributed by atoms with van der Waals surface area (Å²) in [6.07, 6.45) is 0. The molecule has 0 aromatic heterocycles. The van der Waals surface area contributed by atoms with E-state index in [4.69, 9.17) is 4.74 Å². The van der Waals surface area contributed by atoms with Crippen LogP contribution in [-0.4, -0.2) is 24.2 Å². The SMILES string of the molecule is COc1cccc(NC(=O)C(C)Sc2cccc(NC(=O)c3ccc4ccccc4c3)c2)c1. The first-order valence-electron chi connectivity index (χ1n) is 10.5. The summed E-state index contributed by atoms with van der Waals surface area (Å²) < 4.78 is 5.20. The van der Waals surface area contributed by atoms with Crippen LogP contribution in [0.15, 0.2) is 95.9 Å². The number of amides is 2. The van der Waals surface area contributed by atoms with Gasteiger partial charge in [-0.15, -0.1) is 11.8 Å². The molecular weight excluding hydrogens is 432 g/mol. The predicted molar refractivity (Wildman–Crippen MR) is 135 cm³/mol. The first-order chi connectivity index (χ1) is 16.0. The van der Waals surface area contributed by atoms with E-state index in [0.717, 1.165) is 15.7 Å². The van der Waals surface area contributed by atoms with E-state index < -0.39 is 0 Å². The molecule has 166 valence electrons. The van der Waals surface area contributed by atoms with Crippen LogP contribution in [0.1, 0.15) is 17.3 Å². The highest BCUT2D eigenvalue weighted by atomic mass is 32.2. The molecule has 4 aromatic carbocycles. The summed E-state index contributed by atoms with van der Waals surface area (Å²) in [4.78, 5) is 26.3. The number of anilines is 2. The molecule has 0 saturated heterocycles. The number of carbonyl (C=O) groups is 2. The van der Waals surface area contributed by atoms with E-state index in [1.807, 2.05) is 91.9 Å². The summed E-state index contributed by atoms with van der Waals surface area (Å²) in [7, 11) is 1.59. The average Bonchev–Trinajstić information content (AvgIpc) is 2.84. The minimum Gasteiger partial charge on any atom is -0.497 e. The Hall–Kier alpha value is -3.77. The van der Waals surface area contributed by atoms with E-state index in [1.54, 1.807) is 13.2 Å². The quantitative estimate of drug-likeness (QED) is 0.324. The summed E-state index contributed by atoms with van der Waals surface area (Å²) in [5.74, 6) is 0.397. The molecule has 0 bridgehead atoms. The highest BCUT2D eigenvalue weighted by Crippen LogP contribution is 2.27. The van der Waals surface area contributed by atoms with Crippen LogP contribution < -0.4 is 15.4 Å². The first-order valence-corrected chi connectivity index (χ1v) is 11.4. The number of methoxy groups -OCH3 is 1. The predicted octanol–water partition coefficient (Wildman–Crippen LogP) is 6.22. The molecule has 0 saturated carbocycles. The zero-order chi connectivity index (χ0) is 23.2. The summed E-state index contributed by atoms with van der Waals surface area (Å²) in [5.41, 5.74) is 1.96. The van der Waals surface area contributed by atoms with Crippen LogP contribution in [0.2, 0.25) is 0 Å². The summed E-state index contributed by atoms with van der Waals surface area (Å²) >= 11 is 1.43. The van der Waals surface area contributed by atoms with Crippen LogP contribution in [0.3, 0.4) is 0 Å². The van der Waals surface area contributed by atoms with E-state index >= 15 is 0 Å². The highest BCUT2D eigenvalue weighted by molar-refractivity contribution is 8.00. The lowest BCUT2D eigenvalue weighted by atomic mass is 10.1. The molecular formula is C27H24N2O3S. The van der Waals surface area contributed by atoms with Crippen LogP contribution in [0.5, 0.6) is 5.75 Å². The fourth-order valence-electron chi connectivity index (χ4n) is 3.38. The van der Waals surface area contributed by atoms with Crippen molar-refractivity contribution >= 4 is 45.7 Å². The van der Waals surface area contributed by atoms with E-state index in [9.17, 15) is 9.59 Å². The molecule has 1 atom stereocenters. The van der Waals surface area contributed by atoms with Crippen molar-refractivity contribution in [2.75, 3.05) is 17.7 Å². The Morgan fingerprint density at radius 3 is 2.30 bits per heavy atom. The molecule has 4 aromatic rings. The lowest BCUT2D eigenvalue weighted by Crippen LogP contribution is -2.22. The van der Waals surface area contributed by atoms with Gasteiger partial charge in [-0.25, -0.2) is 0 Å². The minimum absolute atomic E-state index is 0.112. The van der Waals surface area contributed by atoms with Crippen molar-refractivity contribution in [1.82, 2.24) is 0 Å². The molecule has 2 amide bonds. The Labute approximate surface area is 197 Å². The molecule has 1 unspecified atom stereocenters. The van der Waals surface area contributed by atoms with Crippen molar-refractivity contribution in [3.05, 3.63) is 96.6 Å². The van der Waals surface area contributed by atoms with E-state index in [0.29, 0.717) is 22.7 Å². The molecule has 0 aliphatic heterocycles. The second kappa shape index (κ2) is 10.2. The third-order valence-electron chi connectivity index (χ3n) is 5.12. The highest BCUT2D eigenvalue weighted by Gasteiger charge is 2.15. The molecule has 0 aliphatic rings. The van der Waals surface area contributed by atoms with Crippen molar-refractivity contribution in [3.8, 4) is 5.75 Å². The van der Waals surface area contributed by atoms with Gasteiger partial charge in [0.25, 0.3) is 5.91 Å². The molecule has 5 nitrogen and oxygen atoms in total. The van der Waals surface area contributed by atoms with Gasteiger partial charge in [0.05, 0.1) is 12.4 Å². The smallest absolute Gasteiger partial charge is 0.255 e. The third-order valence-corrected chi connectivity index (χ3v) is 6.22. The van der Waals surface area contributed by atoms with Crippen molar-refractivity contribution in [2.45, 2.75) is 17.1 Å². The van der Waals surface area contributed by atoms with Gasteiger partial charge >= 0.3 is 0 Å². The van der Waals surface area contributed by atoms with Gasteiger partial charge in [0, 0.05) is 27.9 Å². The Kier molecular flexibility index (Phi) is 6.95. The second-order valence-corrected chi connectivity index (χ2v) is 8.94. The van der Waals surface area contributed by atoms with Gasteiger partial charge in [-0.3, -0.25) is 9.59 Å². The standard InChI is InChI=1S/C27H24N2O3S/c1-18(26(30)28-22-9-5-11-24(16-22)32-2)33-25-12-6-10-23(17-25)29-27(31)21-14-13-19-7-3-4-8-20(19)15-21/h3-18H,1-2H3,(H,28,30)(H,29,31). The van der Waals surface area contributed by atoms with Gasteiger partial charge < -0.3 is 15.4 Å². The largest absolute Gasteiger partial charge is 0.497 e. The maximum atomic E-state index is 12.8. The molecule has 0 spiro atoms. The number of benzene rings is 4. The molecule has 0 radical (unpaired) electrons. The van der Waals surface area contributed by atoms with Crippen LogP contribution in [-0.2, 0) is 4.79 Å². The fraction of sp³-hybridized carbons (Fsp3) is 0.111. The topological polar surface area (TPSA) is 67.4 Å². The maximum Gasteiger partial charge on any atom is 0.255 e. The van der Waals surface area contributed by atoms with E-state index in [2.05, 4.69) is 10.6 Å².